The van der Waals surface area contributed by atoms with E-state index in [9.17, 15) is 19.5 Å². The number of hydrogen-bond donors (Lipinski definition) is 4. The summed E-state index contributed by atoms with van der Waals surface area (Å²) >= 11 is 0. The Morgan fingerprint density at radius 1 is 1.12 bits per heavy atom. The second kappa shape index (κ2) is 10.8. The van der Waals surface area contributed by atoms with Crippen molar-refractivity contribution < 1.29 is 39.0 Å². The summed E-state index contributed by atoms with van der Waals surface area (Å²) in [6.45, 7) is 2.24. The molecule has 3 rings (SSSR count). The van der Waals surface area contributed by atoms with Crippen LogP contribution in [0.1, 0.15) is 64.7 Å². The number of rotatable bonds is 9. The maximum atomic E-state index is 12.8. The molecule has 4 N–H and O–H groups in total. The summed E-state index contributed by atoms with van der Waals surface area (Å²) in [6, 6.07) is -0.316. The summed E-state index contributed by atoms with van der Waals surface area (Å²) in [5, 5.41) is 31.1. The van der Waals surface area contributed by atoms with Gasteiger partial charge in [0.25, 0.3) is 0 Å². The minimum Gasteiger partial charge on any atom is -0.480 e. The lowest BCUT2D eigenvalue weighted by molar-refractivity contribution is -0.172. The van der Waals surface area contributed by atoms with Crippen molar-refractivity contribution in [1.82, 2.24) is 10.2 Å². The molecule has 180 valence electrons. The molecule has 1 saturated carbocycles. The fraction of sp³-hybridized carbons (Fsp3) is 0.857. The lowest BCUT2D eigenvalue weighted by atomic mass is 9.77. The Bertz CT molecular complexity index is 687. The smallest absolute Gasteiger partial charge is 0.451 e. The Labute approximate surface area is 188 Å². The number of unbranched alkanes of at least 4 members (excludes halogenated alkanes) is 1. The predicted molar refractivity (Wildman–Crippen MR) is 114 cm³/mol. The van der Waals surface area contributed by atoms with Crippen LogP contribution in [0, 0.1) is 11.8 Å². The second-order valence-electron chi connectivity index (χ2n) is 9.26. The SMILES string of the molecule is CC(OC(=O)C1CCCCC1)OC(=O)N1CC[C@H]2[C@@H]1CN[C@@]2(CCCCB(O)O)C(=O)O. The summed E-state index contributed by atoms with van der Waals surface area (Å²) < 4.78 is 10.7. The lowest BCUT2D eigenvalue weighted by Gasteiger charge is -2.31. The molecule has 0 radical (unpaired) electrons. The Morgan fingerprint density at radius 2 is 1.84 bits per heavy atom. The van der Waals surface area contributed by atoms with E-state index < -0.39 is 31.0 Å². The molecular formula is C21H35BN2O8. The highest BCUT2D eigenvalue weighted by atomic mass is 16.7. The van der Waals surface area contributed by atoms with Crippen LogP contribution in [0.4, 0.5) is 4.79 Å². The van der Waals surface area contributed by atoms with Crippen molar-refractivity contribution in [3.05, 3.63) is 0 Å². The zero-order valence-electron chi connectivity index (χ0n) is 18.7. The molecule has 3 aliphatic rings. The van der Waals surface area contributed by atoms with Gasteiger partial charge in [-0.05, 0) is 32.0 Å². The van der Waals surface area contributed by atoms with E-state index in [0.717, 1.165) is 32.1 Å². The third-order valence-electron chi connectivity index (χ3n) is 7.19. The number of nitrogens with one attached hydrogen (secondary N) is 1. The normalized spacial score (nSPS) is 28.8. The Hall–Kier alpha value is -1.85. The highest BCUT2D eigenvalue weighted by Gasteiger charge is 2.58. The number of nitrogens with zero attached hydrogens (tertiary/aromatic N) is 1. The van der Waals surface area contributed by atoms with Crippen LogP contribution < -0.4 is 5.32 Å². The van der Waals surface area contributed by atoms with Gasteiger partial charge < -0.3 is 29.5 Å². The zero-order valence-corrected chi connectivity index (χ0v) is 18.7. The van der Waals surface area contributed by atoms with Gasteiger partial charge in [0.15, 0.2) is 0 Å². The summed E-state index contributed by atoms with van der Waals surface area (Å²) in [6.07, 6.45) is 5.22. The number of aliphatic carboxylic acids is 1. The molecule has 2 aliphatic heterocycles. The minimum atomic E-state index is -1.40. The number of amides is 1. The van der Waals surface area contributed by atoms with Crippen LogP contribution in [0.5, 0.6) is 0 Å². The maximum absolute atomic E-state index is 12.8. The molecule has 0 spiro atoms. The quantitative estimate of drug-likeness (QED) is 0.176. The third kappa shape index (κ3) is 5.55. The summed E-state index contributed by atoms with van der Waals surface area (Å²) in [5.41, 5.74) is -1.15. The Kier molecular flexibility index (Phi) is 8.40. The van der Waals surface area contributed by atoms with Crippen LogP contribution in [0.25, 0.3) is 0 Å². The fourth-order valence-corrected chi connectivity index (χ4v) is 5.50. The number of carbonyl (C=O) groups excluding carboxylic acids is 2. The lowest BCUT2D eigenvalue weighted by Crippen LogP contribution is -2.52. The minimum absolute atomic E-state index is 0.136. The van der Waals surface area contributed by atoms with Crippen LogP contribution in [0.15, 0.2) is 0 Å². The van der Waals surface area contributed by atoms with Crippen molar-refractivity contribution in [3.63, 3.8) is 0 Å². The highest BCUT2D eigenvalue weighted by molar-refractivity contribution is 6.40. The molecule has 3 fully saturated rings. The van der Waals surface area contributed by atoms with Crippen molar-refractivity contribution in [3.8, 4) is 0 Å². The zero-order chi connectivity index (χ0) is 23.3. The molecule has 11 heteroatoms. The molecule has 1 unspecified atom stereocenters. The molecule has 4 atom stereocenters. The monoisotopic (exact) mass is 454 g/mol. The van der Waals surface area contributed by atoms with E-state index in [1.165, 1.54) is 11.8 Å². The molecule has 0 bridgehead atoms. The molecule has 0 aromatic rings. The van der Waals surface area contributed by atoms with Crippen molar-refractivity contribution in [2.24, 2.45) is 11.8 Å². The van der Waals surface area contributed by atoms with E-state index >= 15 is 0 Å². The maximum Gasteiger partial charge on any atom is 0.451 e. The van der Waals surface area contributed by atoms with E-state index in [-0.39, 0.29) is 30.2 Å². The first-order valence-corrected chi connectivity index (χ1v) is 11.8. The van der Waals surface area contributed by atoms with Gasteiger partial charge in [0, 0.05) is 25.9 Å². The number of carboxylic acids is 1. The van der Waals surface area contributed by atoms with Gasteiger partial charge in [-0.1, -0.05) is 32.1 Å². The van der Waals surface area contributed by atoms with Crippen LogP contribution >= 0.6 is 0 Å². The third-order valence-corrected chi connectivity index (χ3v) is 7.19. The first-order valence-electron chi connectivity index (χ1n) is 11.8. The van der Waals surface area contributed by atoms with Crippen molar-refractivity contribution in [2.75, 3.05) is 13.1 Å². The molecule has 1 aliphatic carbocycles. The fourth-order valence-electron chi connectivity index (χ4n) is 5.50. The first kappa shape index (κ1) is 24.8. The second-order valence-corrected chi connectivity index (χ2v) is 9.26. The molecule has 1 amide bonds. The molecule has 32 heavy (non-hydrogen) atoms. The standard InChI is InChI=1S/C21H35BN2O8/c1-14(31-18(25)15-7-3-2-4-8-15)32-20(28)24-12-9-16-17(24)13-23-21(16,19(26)27)10-5-6-11-22(29)30/h14-17,23,29-30H,2-13H2,1H3,(H,26,27)/t14?,16-,17-,21+/m0/s1. The van der Waals surface area contributed by atoms with Gasteiger partial charge in [-0.2, -0.15) is 0 Å². The largest absolute Gasteiger partial charge is 0.480 e. The van der Waals surface area contributed by atoms with Crippen LogP contribution in [-0.4, -0.2) is 76.2 Å². The first-order chi connectivity index (χ1) is 15.2. The summed E-state index contributed by atoms with van der Waals surface area (Å²) in [7, 11) is -1.40. The predicted octanol–water partition coefficient (Wildman–Crippen LogP) is 1.35. The van der Waals surface area contributed by atoms with E-state index in [4.69, 9.17) is 19.5 Å². The van der Waals surface area contributed by atoms with E-state index in [1.54, 1.807) is 0 Å². The number of carboxylic acid groups (broad SMARTS) is 1. The van der Waals surface area contributed by atoms with Crippen LogP contribution in [0.3, 0.4) is 0 Å². The number of fused-ring (bicyclic) bond motifs is 1. The number of likely N-dealkylation sites (tertiary alicyclic amines) is 1. The average Bonchev–Trinajstić information content (AvgIpc) is 3.33. The molecular weight excluding hydrogens is 419 g/mol. The van der Waals surface area contributed by atoms with Gasteiger partial charge >= 0.3 is 25.2 Å². The Morgan fingerprint density at radius 3 is 2.50 bits per heavy atom. The van der Waals surface area contributed by atoms with Gasteiger partial charge in [0.05, 0.1) is 12.0 Å². The van der Waals surface area contributed by atoms with Gasteiger partial charge in [0.1, 0.15) is 5.54 Å². The number of esters is 1. The molecule has 10 nitrogen and oxygen atoms in total. The van der Waals surface area contributed by atoms with E-state index in [0.29, 0.717) is 38.8 Å². The van der Waals surface area contributed by atoms with Gasteiger partial charge in [-0.3, -0.25) is 14.9 Å². The molecule has 2 saturated heterocycles. The van der Waals surface area contributed by atoms with E-state index in [1.807, 2.05) is 0 Å². The van der Waals surface area contributed by atoms with E-state index in [2.05, 4.69) is 5.32 Å². The topological polar surface area (TPSA) is 146 Å². The number of ether oxygens (including phenoxy) is 2. The molecule has 0 aromatic carbocycles. The van der Waals surface area contributed by atoms with Gasteiger partial charge in [-0.25, -0.2) is 4.79 Å². The summed E-state index contributed by atoms with van der Waals surface area (Å²) in [5.74, 6) is -1.70. The van der Waals surface area contributed by atoms with Crippen LogP contribution in [-0.2, 0) is 19.1 Å². The average molecular weight is 454 g/mol. The van der Waals surface area contributed by atoms with Crippen molar-refractivity contribution >= 4 is 25.2 Å². The number of hydrogen-bond acceptors (Lipinski definition) is 8. The Balaban J connectivity index is 1.53. The highest BCUT2D eigenvalue weighted by Crippen LogP contribution is 2.41. The van der Waals surface area contributed by atoms with Crippen LogP contribution in [0.2, 0.25) is 6.32 Å². The molecule has 0 aromatic heterocycles. The van der Waals surface area contributed by atoms with Crippen molar-refractivity contribution in [1.29, 1.82) is 0 Å². The molecule has 2 heterocycles. The summed E-state index contributed by atoms with van der Waals surface area (Å²) in [4.78, 5) is 38.7. The van der Waals surface area contributed by atoms with Gasteiger partial charge in [0.2, 0.25) is 6.29 Å². The number of carbonyl (C=O) groups is 3. The van der Waals surface area contributed by atoms with Crippen molar-refractivity contribution in [2.45, 2.75) is 88.9 Å². The van der Waals surface area contributed by atoms with Gasteiger partial charge in [-0.15, -0.1) is 0 Å².